The van der Waals surface area contributed by atoms with E-state index in [-0.39, 0.29) is 11.8 Å². The molecule has 0 radical (unpaired) electrons. The number of fused-ring (bicyclic) bond motifs is 1. The van der Waals surface area contributed by atoms with Crippen LogP contribution in [0.2, 0.25) is 0 Å². The molecule has 0 aliphatic carbocycles. The van der Waals surface area contributed by atoms with Crippen LogP contribution in [-0.2, 0) is 4.79 Å². The number of nitrogens with zero attached hydrogens (tertiary/aromatic N) is 6. The normalized spacial score (nSPS) is 14.8. The molecule has 0 saturated carbocycles. The molecule has 150 valence electrons. The average molecular weight is 391 g/mol. The Morgan fingerprint density at radius 1 is 1.17 bits per heavy atom. The van der Waals surface area contributed by atoms with Gasteiger partial charge in [-0.25, -0.2) is 19.9 Å². The highest BCUT2D eigenvalue weighted by molar-refractivity contribution is 5.87. The molecule has 29 heavy (non-hydrogen) atoms. The summed E-state index contributed by atoms with van der Waals surface area (Å²) in [6.45, 7) is 3.56. The SMILES string of the molecule is Cc1cccc(Nc2ncnc3cnc(N4CCC(C(=O)N(C)C)CC4)nc23)c1. The maximum absolute atomic E-state index is 12.2. The maximum Gasteiger partial charge on any atom is 0.226 e. The monoisotopic (exact) mass is 391 g/mol. The summed E-state index contributed by atoms with van der Waals surface area (Å²) in [7, 11) is 3.62. The second kappa shape index (κ2) is 7.98. The number of aryl methyl sites for hydroxylation is 1. The minimum Gasteiger partial charge on any atom is -0.349 e. The number of hydrogen-bond donors (Lipinski definition) is 1. The van der Waals surface area contributed by atoms with Crippen molar-refractivity contribution in [2.24, 2.45) is 5.92 Å². The van der Waals surface area contributed by atoms with E-state index < -0.39 is 0 Å². The molecule has 0 spiro atoms. The first-order chi connectivity index (χ1) is 14.0. The third kappa shape index (κ3) is 4.11. The third-order valence-corrected chi connectivity index (χ3v) is 5.21. The number of rotatable bonds is 4. The van der Waals surface area contributed by atoms with E-state index in [1.54, 1.807) is 11.1 Å². The molecule has 8 heteroatoms. The average Bonchev–Trinajstić information content (AvgIpc) is 2.73. The van der Waals surface area contributed by atoms with E-state index in [1.807, 2.05) is 39.2 Å². The highest BCUT2D eigenvalue weighted by Gasteiger charge is 2.27. The molecule has 1 saturated heterocycles. The van der Waals surface area contributed by atoms with Gasteiger partial charge in [-0.1, -0.05) is 12.1 Å². The third-order valence-electron chi connectivity index (χ3n) is 5.21. The Balaban J connectivity index is 1.57. The number of amides is 1. The van der Waals surface area contributed by atoms with Crippen molar-refractivity contribution >= 4 is 34.4 Å². The Kier molecular flexibility index (Phi) is 5.24. The largest absolute Gasteiger partial charge is 0.349 e. The Morgan fingerprint density at radius 3 is 2.69 bits per heavy atom. The van der Waals surface area contributed by atoms with E-state index in [0.717, 1.165) is 31.6 Å². The molecule has 1 amide bonds. The zero-order valence-electron chi connectivity index (χ0n) is 17.0. The molecular weight excluding hydrogens is 366 g/mol. The second-order valence-electron chi connectivity index (χ2n) is 7.61. The van der Waals surface area contributed by atoms with Crippen LogP contribution >= 0.6 is 0 Å². The zero-order valence-corrected chi connectivity index (χ0v) is 17.0. The first kappa shape index (κ1) is 19.0. The summed E-state index contributed by atoms with van der Waals surface area (Å²) < 4.78 is 0. The van der Waals surface area contributed by atoms with E-state index in [2.05, 4.69) is 31.2 Å². The van der Waals surface area contributed by atoms with Crippen molar-refractivity contribution in [1.82, 2.24) is 24.8 Å². The van der Waals surface area contributed by atoms with Crippen molar-refractivity contribution in [2.45, 2.75) is 19.8 Å². The van der Waals surface area contributed by atoms with Crippen LogP contribution in [0.25, 0.3) is 11.0 Å². The van der Waals surface area contributed by atoms with Crippen LogP contribution in [0.1, 0.15) is 18.4 Å². The van der Waals surface area contributed by atoms with E-state index in [9.17, 15) is 4.79 Å². The lowest BCUT2D eigenvalue weighted by atomic mass is 9.96. The van der Waals surface area contributed by atoms with E-state index >= 15 is 0 Å². The molecule has 0 bridgehead atoms. The molecule has 1 aromatic carbocycles. The van der Waals surface area contributed by atoms with Crippen LogP contribution < -0.4 is 10.2 Å². The molecule has 0 atom stereocenters. The maximum atomic E-state index is 12.2. The van der Waals surface area contributed by atoms with Crippen LogP contribution in [0.5, 0.6) is 0 Å². The number of aromatic nitrogens is 4. The van der Waals surface area contributed by atoms with Crippen LogP contribution in [0, 0.1) is 12.8 Å². The Hall–Kier alpha value is -3.29. The predicted molar refractivity (Wildman–Crippen MR) is 113 cm³/mol. The summed E-state index contributed by atoms with van der Waals surface area (Å²) in [5.74, 6) is 1.57. The lowest BCUT2D eigenvalue weighted by Crippen LogP contribution is -2.40. The molecule has 8 nitrogen and oxygen atoms in total. The highest BCUT2D eigenvalue weighted by atomic mass is 16.2. The summed E-state index contributed by atoms with van der Waals surface area (Å²) in [5, 5.41) is 3.34. The summed E-state index contributed by atoms with van der Waals surface area (Å²) >= 11 is 0. The highest BCUT2D eigenvalue weighted by Crippen LogP contribution is 2.26. The van der Waals surface area contributed by atoms with Crippen LogP contribution in [0.3, 0.4) is 0 Å². The smallest absolute Gasteiger partial charge is 0.226 e. The molecule has 0 unspecified atom stereocenters. The van der Waals surface area contributed by atoms with Crippen LogP contribution in [0.15, 0.2) is 36.8 Å². The number of piperidine rings is 1. The molecule has 1 aliphatic rings. The van der Waals surface area contributed by atoms with Crippen molar-refractivity contribution in [2.75, 3.05) is 37.4 Å². The van der Waals surface area contributed by atoms with Crippen LogP contribution in [-0.4, -0.2) is 57.9 Å². The van der Waals surface area contributed by atoms with Crippen LogP contribution in [0.4, 0.5) is 17.5 Å². The molecule has 2 aromatic heterocycles. The zero-order chi connectivity index (χ0) is 20.4. The summed E-state index contributed by atoms with van der Waals surface area (Å²) in [5.41, 5.74) is 3.49. The van der Waals surface area contributed by atoms with Crippen molar-refractivity contribution < 1.29 is 4.79 Å². The summed E-state index contributed by atoms with van der Waals surface area (Å²) in [6.07, 6.45) is 4.86. The fourth-order valence-corrected chi connectivity index (χ4v) is 3.64. The Bertz CT molecular complexity index is 1030. The lowest BCUT2D eigenvalue weighted by molar-refractivity contribution is -0.133. The van der Waals surface area contributed by atoms with Gasteiger partial charge >= 0.3 is 0 Å². The van der Waals surface area contributed by atoms with E-state index in [0.29, 0.717) is 22.8 Å². The van der Waals surface area contributed by atoms with E-state index in [4.69, 9.17) is 4.98 Å². The fourth-order valence-electron chi connectivity index (χ4n) is 3.64. The first-order valence-corrected chi connectivity index (χ1v) is 9.79. The van der Waals surface area contributed by atoms with Gasteiger partial charge in [0.2, 0.25) is 11.9 Å². The lowest BCUT2D eigenvalue weighted by Gasteiger charge is -2.32. The fraction of sp³-hybridized carbons (Fsp3) is 0.381. The van der Waals surface area contributed by atoms with Gasteiger partial charge in [-0.15, -0.1) is 0 Å². The number of hydrogen-bond acceptors (Lipinski definition) is 7. The second-order valence-corrected chi connectivity index (χ2v) is 7.61. The van der Waals surface area contributed by atoms with Gasteiger partial charge in [-0.2, -0.15) is 0 Å². The number of carbonyl (C=O) groups is 1. The van der Waals surface area contributed by atoms with Gasteiger partial charge in [0, 0.05) is 38.8 Å². The van der Waals surface area contributed by atoms with Crippen molar-refractivity contribution in [3.8, 4) is 0 Å². The predicted octanol–water partition coefficient (Wildman–Crippen LogP) is 2.78. The summed E-state index contributed by atoms with van der Waals surface area (Å²) in [4.78, 5) is 34.0. The summed E-state index contributed by atoms with van der Waals surface area (Å²) in [6, 6.07) is 8.10. The quantitative estimate of drug-likeness (QED) is 0.732. The number of carbonyl (C=O) groups excluding carboxylic acids is 1. The minimum absolute atomic E-state index is 0.0728. The van der Waals surface area contributed by atoms with E-state index in [1.165, 1.54) is 11.9 Å². The van der Waals surface area contributed by atoms with Gasteiger partial charge in [0.25, 0.3) is 0 Å². The first-order valence-electron chi connectivity index (χ1n) is 9.79. The molecule has 1 aliphatic heterocycles. The van der Waals surface area contributed by atoms with Crippen molar-refractivity contribution in [1.29, 1.82) is 0 Å². The standard InChI is InChI=1S/C21H25N7O/c1-14-5-4-6-16(11-14)25-19-18-17(23-13-24-19)12-22-21(26-18)28-9-7-15(8-10-28)20(29)27(2)3/h4-6,11-13,15H,7-10H2,1-3H3,(H,23,24,25). The minimum atomic E-state index is 0.0728. The topological polar surface area (TPSA) is 87.1 Å². The van der Waals surface area contributed by atoms with Gasteiger partial charge in [-0.3, -0.25) is 4.79 Å². The molecule has 3 aromatic rings. The Labute approximate surface area is 170 Å². The molecule has 4 rings (SSSR count). The van der Waals surface area contributed by atoms with Gasteiger partial charge in [-0.05, 0) is 37.5 Å². The Morgan fingerprint density at radius 2 is 1.97 bits per heavy atom. The molecular formula is C21H25N7O. The van der Waals surface area contributed by atoms with Gasteiger partial charge in [0.05, 0.1) is 6.20 Å². The molecule has 3 heterocycles. The number of anilines is 3. The number of nitrogens with one attached hydrogen (secondary N) is 1. The van der Waals surface area contributed by atoms with Gasteiger partial charge in [0.15, 0.2) is 5.82 Å². The van der Waals surface area contributed by atoms with Gasteiger partial charge in [0.1, 0.15) is 17.4 Å². The molecule has 1 fully saturated rings. The number of benzene rings is 1. The van der Waals surface area contributed by atoms with Crippen molar-refractivity contribution in [3.63, 3.8) is 0 Å². The van der Waals surface area contributed by atoms with Crippen molar-refractivity contribution in [3.05, 3.63) is 42.4 Å². The molecule has 1 N–H and O–H groups in total. The van der Waals surface area contributed by atoms with Gasteiger partial charge < -0.3 is 15.1 Å².